The normalized spacial score (nSPS) is 13.2. The van der Waals surface area contributed by atoms with Gasteiger partial charge in [-0.05, 0) is 36.6 Å². The number of benzene rings is 1. The molecule has 1 aromatic carbocycles. The molecule has 0 heterocycles. The molecule has 0 saturated carbocycles. The second-order valence-corrected chi connectivity index (χ2v) is 4.95. The third-order valence-electron chi connectivity index (χ3n) is 2.37. The van der Waals surface area contributed by atoms with Gasteiger partial charge in [0.25, 0.3) is 0 Å². The maximum absolute atomic E-state index is 13.0. The van der Waals surface area contributed by atoms with Gasteiger partial charge in [-0.25, -0.2) is 4.39 Å². The van der Waals surface area contributed by atoms with Gasteiger partial charge in [0.1, 0.15) is 5.82 Å². The molecular formula is C12H16BrFO. The SMILES string of the molecule is CC(C)C(C)OCc1cc(F)cc(Br)c1. The fourth-order valence-corrected chi connectivity index (χ4v) is 1.63. The van der Waals surface area contributed by atoms with E-state index in [0.717, 1.165) is 10.0 Å². The fraction of sp³-hybridized carbons (Fsp3) is 0.500. The Morgan fingerprint density at radius 3 is 2.47 bits per heavy atom. The largest absolute Gasteiger partial charge is 0.374 e. The second-order valence-electron chi connectivity index (χ2n) is 4.04. The minimum absolute atomic E-state index is 0.187. The Morgan fingerprint density at radius 2 is 1.93 bits per heavy atom. The Bertz CT molecular complexity index is 305. The second kappa shape index (κ2) is 5.61. The Balaban J connectivity index is 2.57. The van der Waals surface area contributed by atoms with Crippen LogP contribution in [0.2, 0.25) is 0 Å². The van der Waals surface area contributed by atoms with Crippen molar-refractivity contribution in [3.63, 3.8) is 0 Å². The van der Waals surface area contributed by atoms with Crippen molar-refractivity contribution < 1.29 is 9.13 Å². The van der Waals surface area contributed by atoms with Crippen LogP contribution in [0.25, 0.3) is 0 Å². The zero-order valence-electron chi connectivity index (χ0n) is 9.26. The third kappa shape index (κ3) is 4.31. The molecule has 1 rings (SSSR count). The first-order chi connectivity index (χ1) is 6.99. The van der Waals surface area contributed by atoms with Crippen LogP contribution in [-0.4, -0.2) is 6.10 Å². The van der Waals surface area contributed by atoms with Gasteiger partial charge in [0.2, 0.25) is 0 Å². The molecule has 0 aliphatic carbocycles. The summed E-state index contributed by atoms with van der Waals surface area (Å²) >= 11 is 3.25. The van der Waals surface area contributed by atoms with Crippen molar-refractivity contribution in [2.24, 2.45) is 5.92 Å². The number of ether oxygens (including phenoxy) is 1. The number of rotatable bonds is 4. The van der Waals surface area contributed by atoms with Crippen LogP contribution in [-0.2, 0) is 11.3 Å². The fourth-order valence-electron chi connectivity index (χ4n) is 1.11. The summed E-state index contributed by atoms with van der Waals surface area (Å²) in [7, 11) is 0. The van der Waals surface area contributed by atoms with Crippen molar-refractivity contribution in [1.29, 1.82) is 0 Å². The molecule has 0 spiro atoms. The van der Waals surface area contributed by atoms with E-state index in [9.17, 15) is 4.39 Å². The average Bonchev–Trinajstić information content (AvgIpc) is 2.12. The van der Waals surface area contributed by atoms with E-state index in [2.05, 4.69) is 29.8 Å². The lowest BCUT2D eigenvalue weighted by atomic mass is 10.1. The number of halogens is 2. The van der Waals surface area contributed by atoms with Gasteiger partial charge in [-0.15, -0.1) is 0 Å². The first-order valence-electron chi connectivity index (χ1n) is 5.05. The average molecular weight is 275 g/mol. The molecule has 0 radical (unpaired) electrons. The predicted molar refractivity (Wildman–Crippen MR) is 63.2 cm³/mol. The summed E-state index contributed by atoms with van der Waals surface area (Å²) in [6, 6.07) is 4.81. The number of hydrogen-bond donors (Lipinski definition) is 0. The summed E-state index contributed by atoms with van der Waals surface area (Å²) in [6.07, 6.45) is 0.187. The summed E-state index contributed by atoms with van der Waals surface area (Å²) in [5.41, 5.74) is 0.856. The Kier molecular flexibility index (Phi) is 4.74. The summed E-state index contributed by atoms with van der Waals surface area (Å²) in [4.78, 5) is 0. The van der Waals surface area contributed by atoms with E-state index in [-0.39, 0.29) is 11.9 Å². The van der Waals surface area contributed by atoms with Crippen LogP contribution < -0.4 is 0 Å². The van der Waals surface area contributed by atoms with Gasteiger partial charge in [0, 0.05) is 4.47 Å². The van der Waals surface area contributed by atoms with Crippen LogP contribution in [0, 0.1) is 11.7 Å². The molecule has 1 nitrogen and oxygen atoms in total. The van der Waals surface area contributed by atoms with E-state index in [1.807, 2.05) is 13.0 Å². The molecule has 15 heavy (non-hydrogen) atoms. The van der Waals surface area contributed by atoms with Crippen molar-refractivity contribution >= 4 is 15.9 Å². The Morgan fingerprint density at radius 1 is 1.27 bits per heavy atom. The van der Waals surface area contributed by atoms with Gasteiger partial charge < -0.3 is 4.74 Å². The molecular weight excluding hydrogens is 259 g/mol. The molecule has 1 unspecified atom stereocenters. The lowest BCUT2D eigenvalue weighted by Gasteiger charge is -2.16. The van der Waals surface area contributed by atoms with Crippen molar-refractivity contribution in [3.8, 4) is 0 Å². The maximum Gasteiger partial charge on any atom is 0.124 e. The highest BCUT2D eigenvalue weighted by Crippen LogP contribution is 2.17. The highest BCUT2D eigenvalue weighted by molar-refractivity contribution is 9.10. The summed E-state index contributed by atoms with van der Waals surface area (Å²) in [6.45, 7) is 6.69. The van der Waals surface area contributed by atoms with Crippen LogP contribution in [0.3, 0.4) is 0 Å². The van der Waals surface area contributed by atoms with Crippen LogP contribution in [0.5, 0.6) is 0 Å². The molecule has 0 aromatic heterocycles. The van der Waals surface area contributed by atoms with Crippen LogP contribution in [0.1, 0.15) is 26.3 Å². The van der Waals surface area contributed by atoms with Gasteiger partial charge in [-0.3, -0.25) is 0 Å². The minimum atomic E-state index is -0.236. The van der Waals surface area contributed by atoms with Crippen molar-refractivity contribution in [2.45, 2.75) is 33.5 Å². The maximum atomic E-state index is 13.0. The zero-order valence-corrected chi connectivity index (χ0v) is 10.8. The molecule has 0 aliphatic rings. The van der Waals surface area contributed by atoms with E-state index in [4.69, 9.17) is 4.74 Å². The monoisotopic (exact) mass is 274 g/mol. The van der Waals surface area contributed by atoms with Gasteiger partial charge in [0.05, 0.1) is 12.7 Å². The molecule has 1 aromatic rings. The lowest BCUT2D eigenvalue weighted by Crippen LogP contribution is -2.15. The minimum Gasteiger partial charge on any atom is -0.374 e. The molecule has 0 amide bonds. The van der Waals surface area contributed by atoms with E-state index in [1.54, 1.807) is 0 Å². The standard InChI is InChI=1S/C12H16BrFO/c1-8(2)9(3)15-7-10-4-11(13)6-12(14)5-10/h4-6,8-9H,7H2,1-3H3. The molecule has 3 heteroatoms. The zero-order chi connectivity index (χ0) is 11.4. The van der Waals surface area contributed by atoms with Gasteiger partial charge in [0.15, 0.2) is 0 Å². The van der Waals surface area contributed by atoms with E-state index < -0.39 is 0 Å². The smallest absolute Gasteiger partial charge is 0.124 e. The molecule has 84 valence electrons. The molecule has 0 fully saturated rings. The van der Waals surface area contributed by atoms with E-state index >= 15 is 0 Å². The molecule has 1 atom stereocenters. The highest BCUT2D eigenvalue weighted by Gasteiger charge is 2.07. The summed E-state index contributed by atoms with van der Waals surface area (Å²) < 4.78 is 19.4. The molecule has 0 aliphatic heterocycles. The molecule has 0 saturated heterocycles. The van der Waals surface area contributed by atoms with Crippen LogP contribution in [0.15, 0.2) is 22.7 Å². The van der Waals surface area contributed by atoms with Crippen molar-refractivity contribution in [1.82, 2.24) is 0 Å². The van der Waals surface area contributed by atoms with E-state index in [1.165, 1.54) is 12.1 Å². The van der Waals surface area contributed by atoms with Crippen molar-refractivity contribution in [2.75, 3.05) is 0 Å². The first-order valence-corrected chi connectivity index (χ1v) is 5.85. The van der Waals surface area contributed by atoms with Gasteiger partial charge in [-0.2, -0.15) is 0 Å². The summed E-state index contributed by atoms with van der Waals surface area (Å²) in [5.74, 6) is 0.238. The Hall–Kier alpha value is -0.410. The van der Waals surface area contributed by atoms with Gasteiger partial charge >= 0.3 is 0 Å². The van der Waals surface area contributed by atoms with Gasteiger partial charge in [-0.1, -0.05) is 29.8 Å². The van der Waals surface area contributed by atoms with E-state index in [0.29, 0.717) is 12.5 Å². The predicted octanol–water partition coefficient (Wildman–Crippen LogP) is 4.15. The quantitative estimate of drug-likeness (QED) is 0.802. The Labute approximate surface area is 98.8 Å². The van der Waals surface area contributed by atoms with Crippen LogP contribution in [0.4, 0.5) is 4.39 Å². The lowest BCUT2D eigenvalue weighted by molar-refractivity contribution is 0.0234. The third-order valence-corrected chi connectivity index (χ3v) is 2.83. The van der Waals surface area contributed by atoms with Crippen LogP contribution >= 0.6 is 15.9 Å². The first kappa shape index (κ1) is 12.7. The number of hydrogen-bond acceptors (Lipinski definition) is 1. The topological polar surface area (TPSA) is 9.23 Å². The highest BCUT2D eigenvalue weighted by atomic mass is 79.9. The molecule has 0 N–H and O–H groups in total. The summed E-state index contributed by atoms with van der Waals surface area (Å²) in [5, 5.41) is 0. The molecule has 0 bridgehead atoms. The van der Waals surface area contributed by atoms with Crippen molar-refractivity contribution in [3.05, 3.63) is 34.1 Å².